The van der Waals surface area contributed by atoms with Crippen molar-refractivity contribution in [2.75, 3.05) is 12.4 Å². The van der Waals surface area contributed by atoms with Gasteiger partial charge in [-0.2, -0.15) is 0 Å². The number of carbonyl (C=O) groups is 1. The molecule has 0 heterocycles. The maximum absolute atomic E-state index is 12.5. The molecule has 0 aliphatic rings. The lowest BCUT2D eigenvalue weighted by Gasteiger charge is -2.27. The van der Waals surface area contributed by atoms with Gasteiger partial charge in [0.2, 0.25) is 0 Å². The van der Waals surface area contributed by atoms with Gasteiger partial charge in [0.15, 0.2) is 0 Å². The van der Waals surface area contributed by atoms with E-state index in [0.29, 0.717) is 0 Å². The number of unbranched alkanes of at least 4 members (excludes halogenated alkanes) is 2. The molecule has 23 heavy (non-hydrogen) atoms. The largest absolute Gasteiger partial charge is 0.491 e. The third kappa shape index (κ3) is 6.22. The van der Waals surface area contributed by atoms with Gasteiger partial charge in [-0.1, -0.05) is 33.1 Å². The summed E-state index contributed by atoms with van der Waals surface area (Å²) in [6.45, 7) is 8.12. The summed E-state index contributed by atoms with van der Waals surface area (Å²) < 4.78 is 11.2. The second kappa shape index (κ2) is 9.56. The fourth-order valence-electron chi connectivity index (χ4n) is 2.22. The average molecular weight is 321 g/mol. The number of hydrogen-bond acceptors (Lipinski definition) is 3. The summed E-state index contributed by atoms with van der Waals surface area (Å²) in [5.74, 6) is 0.710. The minimum atomic E-state index is -0.791. The zero-order valence-electron chi connectivity index (χ0n) is 15.1. The Labute approximate surface area is 140 Å². The molecule has 0 saturated heterocycles. The molecule has 0 aliphatic carbocycles. The lowest BCUT2D eigenvalue weighted by atomic mass is 9.97. The van der Waals surface area contributed by atoms with E-state index in [-0.39, 0.29) is 12.0 Å². The van der Waals surface area contributed by atoms with Gasteiger partial charge in [-0.15, -0.1) is 0 Å². The normalized spacial score (nSPS) is 14.8. The molecule has 1 aromatic rings. The van der Waals surface area contributed by atoms with Gasteiger partial charge in [0.1, 0.15) is 11.4 Å². The molecule has 0 radical (unpaired) electrons. The molecule has 0 saturated carbocycles. The topological polar surface area (TPSA) is 47.6 Å². The monoisotopic (exact) mass is 321 g/mol. The van der Waals surface area contributed by atoms with E-state index < -0.39 is 5.60 Å². The van der Waals surface area contributed by atoms with Crippen LogP contribution in [0.4, 0.5) is 5.69 Å². The Morgan fingerprint density at radius 3 is 2.39 bits per heavy atom. The Balaban J connectivity index is 2.64. The van der Waals surface area contributed by atoms with E-state index in [2.05, 4.69) is 19.2 Å². The highest BCUT2D eigenvalue weighted by atomic mass is 16.5. The zero-order chi connectivity index (χ0) is 17.3. The summed E-state index contributed by atoms with van der Waals surface area (Å²) in [7, 11) is 1.59. The first-order valence-corrected chi connectivity index (χ1v) is 8.58. The molecule has 4 nitrogen and oxygen atoms in total. The smallest absolute Gasteiger partial charge is 0.256 e. The van der Waals surface area contributed by atoms with Crippen molar-refractivity contribution in [1.29, 1.82) is 0 Å². The summed E-state index contributed by atoms with van der Waals surface area (Å²) in [6, 6.07) is 7.47. The molecule has 1 N–H and O–H groups in total. The number of ether oxygens (including phenoxy) is 2. The van der Waals surface area contributed by atoms with Crippen LogP contribution in [0.15, 0.2) is 24.3 Å². The lowest BCUT2D eigenvalue weighted by molar-refractivity contribution is -0.136. The highest BCUT2D eigenvalue weighted by Gasteiger charge is 2.32. The van der Waals surface area contributed by atoms with Gasteiger partial charge >= 0.3 is 0 Å². The minimum Gasteiger partial charge on any atom is -0.491 e. The summed E-state index contributed by atoms with van der Waals surface area (Å²) in [6.07, 6.45) is 5.08. The number of methoxy groups -OCH3 is 1. The van der Waals surface area contributed by atoms with E-state index in [1.165, 1.54) is 0 Å². The fraction of sp³-hybridized carbons (Fsp3) is 0.632. The number of anilines is 1. The van der Waals surface area contributed by atoms with E-state index >= 15 is 0 Å². The van der Waals surface area contributed by atoms with Gasteiger partial charge in [-0.05, 0) is 51.0 Å². The van der Waals surface area contributed by atoms with Crippen LogP contribution in [0.3, 0.4) is 0 Å². The summed E-state index contributed by atoms with van der Waals surface area (Å²) in [4.78, 5) is 12.5. The van der Waals surface area contributed by atoms with Gasteiger partial charge in [0.25, 0.3) is 5.91 Å². The summed E-state index contributed by atoms with van der Waals surface area (Å²) >= 11 is 0. The molecule has 0 spiro atoms. The standard InChI is InChI=1S/C19H31NO3/c1-6-8-9-14-19(4,22-5)18(21)20-16-10-12-17(13-11-16)23-15(3)7-2/h10-13,15H,6-9,14H2,1-5H3,(H,20,21)/t15-,19-/m0/s1. The number of benzene rings is 1. The maximum atomic E-state index is 12.5. The number of hydrogen-bond donors (Lipinski definition) is 1. The van der Waals surface area contributed by atoms with Crippen molar-refractivity contribution in [2.24, 2.45) is 0 Å². The predicted octanol–water partition coefficient (Wildman–Crippen LogP) is 4.79. The van der Waals surface area contributed by atoms with Crippen LogP contribution in [0, 0.1) is 0 Å². The fourth-order valence-corrected chi connectivity index (χ4v) is 2.22. The Hall–Kier alpha value is -1.55. The van der Waals surface area contributed by atoms with Gasteiger partial charge < -0.3 is 14.8 Å². The molecular weight excluding hydrogens is 290 g/mol. The number of amides is 1. The summed E-state index contributed by atoms with van der Waals surface area (Å²) in [5, 5.41) is 2.94. The van der Waals surface area contributed by atoms with E-state index in [1.807, 2.05) is 38.1 Å². The van der Waals surface area contributed by atoms with Crippen LogP contribution in [0.2, 0.25) is 0 Å². The van der Waals surface area contributed by atoms with Crippen molar-refractivity contribution < 1.29 is 14.3 Å². The molecule has 0 unspecified atom stereocenters. The molecule has 1 aromatic carbocycles. The molecule has 0 aromatic heterocycles. The van der Waals surface area contributed by atoms with E-state index in [0.717, 1.165) is 43.5 Å². The predicted molar refractivity (Wildman–Crippen MR) is 95.0 cm³/mol. The lowest BCUT2D eigenvalue weighted by Crippen LogP contribution is -2.41. The first-order chi connectivity index (χ1) is 10.9. The van der Waals surface area contributed by atoms with Crippen molar-refractivity contribution in [1.82, 2.24) is 0 Å². The highest BCUT2D eigenvalue weighted by molar-refractivity contribution is 5.97. The Kier molecular flexibility index (Phi) is 8.10. The van der Waals surface area contributed by atoms with E-state index in [4.69, 9.17) is 9.47 Å². The van der Waals surface area contributed by atoms with E-state index in [1.54, 1.807) is 7.11 Å². The maximum Gasteiger partial charge on any atom is 0.256 e. The van der Waals surface area contributed by atoms with Crippen LogP contribution in [-0.2, 0) is 9.53 Å². The quantitative estimate of drug-likeness (QED) is 0.630. The molecule has 130 valence electrons. The highest BCUT2D eigenvalue weighted by Crippen LogP contribution is 2.23. The van der Waals surface area contributed by atoms with Crippen LogP contribution >= 0.6 is 0 Å². The SMILES string of the molecule is CCCCC[C@](C)(OC)C(=O)Nc1ccc(O[C@@H](C)CC)cc1. The van der Waals surface area contributed by atoms with Crippen molar-refractivity contribution in [3.05, 3.63) is 24.3 Å². The van der Waals surface area contributed by atoms with Crippen molar-refractivity contribution in [2.45, 2.75) is 71.5 Å². The van der Waals surface area contributed by atoms with E-state index in [9.17, 15) is 4.79 Å². The Morgan fingerprint density at radius 2 is 1.87 bits per heavy atom. The zero-order valence-corrected chi connectivity index (χ0v) is 15.1. The van der Waals surface area contributed by atoms with Crippen molar-refractivity contribution in [3.8, 4) is 5.75 Å². The van der Waals surface area contributed by atoms with Crippen LogP contribution < -0.4 is 10.1 Å². The Morgan fingerprint density at radius 1 is 1.22 bits per heavy atom. The van der Waals surface area contributed by atoms with Crippen LogP contribution in [0.25, 0.3) is 0 Å². The minimum absolute atomic E-state index is 0.105. The molecule has 1 rings (SSSR count). The molecule has 0 fully saturated rings. The van der Waals surface area contributed by atoms with Crippen LogP contribution in [0.5, 0.6) is 5.75 Å². The second-order valence-corrected chi connectivity index (χ2v) is 6.21. The molecule has 0 aliphatic heterocycles. The van der Waals surface area contributed by atoms with Crippen LogP contribution in [-0.4, -0.2) is 24.7 Å². The van der Waals surface area contributed by atoms with Crippen molar-refractivity contribution >= 4 is 11.6 Å². The average Bonchev–Trinajstić information content (AvgIpc) is 2.56. The number of nitrogens with one attached hydrogen (secondary N) is 1. The molecule has 0 bridgehead atoms. The first kappa shape index (κ1) is 19.5. The van der Waals surface area contributed by atoms with Gasteiger partial charge in [0.05, 0.1) is 6.10 Å². The number of rotatable bonds is 10. The summed E-state index contributed by atoms with van der Waals surface area (Å²) in [5.41, 5.74) is -0.0357. The molecule has 4 heteroatoms. The van der Waals surface area contributed by atoms with Gasteiger partial charge in [-0.25, -0.2) is 0 Å². The second-order valence-electron chi connectivity index (χ2n) is 6.21. The van der Waals surface area contributed by atoms with Gasteiger partial charge in [-0.3, -0.25) is 4.79 Å². The third-order valence-electron chi connectivity index (χ3n) is 4.21. The third-order valence-corrected chi connectivity index (χ3v) is 4.21. The Bertz CT molecular complexity index is 472. The molecule has 2 atom stereocenters. The number of carbonyl (C=O) groups excluding carboxylic acids is 1. The molecule has 1 amide bonds. The van der Waals surface area contributed by atoms with Crippen LogP contribution in [0.1, 0.15) is 59.8 Å². The molecular formula is C19H31NO3. The van der Waals surface area contributed by atoms with Crippen molar-refractivity contribution in [3.63, 3.8) is 0 Å². The first-order valence-electron chi connectivity index (χ1n) is 8.58. The van der Waals surface area contributed by atoms with Gasteiger partial charge in [0, 0.05) is 12.8 Å².